The van der Waals surface area contributed by atoms with Gasteiger partial charge >= 0.3 is 0 Å². The van der Waals surface area contributed by atoms with E-state index in [1.165, 1.54) is 6.42 Å². The van der Waals surface area contributed by atoms with E-state index in [0.717, 1.165) is 41.9 Å². The summed E-state index contributed by atoms with van der Waals surface area (Å²) in [4.78, 5) is 4.54. The number of fused-ring (bicyclic) bond motifs is 1. The van der Waals surface area contributed by atoms with Crippen molar-refractivity contribution in [2.24, 2.45) is 10.7 Å². The Hall–Kier alpha value is -1.96. The molecule has 1 aliphatic carbocycles. The number of nitrogens with two attached hydrogens (primary N) is 1. The maximum absolute atomic E-state index is 6.16. The summed E-state index contributed by atoms with van der Waals surface area (Å²) < 4.78 is 11.8. The Morgan fingerprint density at radius 2 is 1.89 bits per heavy atom. The van der Waals surface area contributed by atoms with Crippen molar-refractivity contribution in [3.8, 4) is 11.5 Å². The molecule has 1 fully saturated rings. The Labute approximate surface area is 177 Å². The number of hydrogen-bond donors (Lipinski definition) is 2. The van der Waals surface area contributed by atoms with Crippen LogP contribution in [0.5, 0.6) is 11.5 Å². The molecule has 0 bridgehead atoms. The topological polar surface area (TPSA) is 68.9 Å². The molecule has 0 radical (unpaired) electrons. The van der Waals surface area contributed by atoms with E-state index in [9.17, 15) is 0 Å². The number of nitrogens with zero attached hydrogens (tertiary/aromatic N) is 1. The third-order valence-electron chi connectivity index (χ3n) is 5.02. The van der Waals surface area contributed by atoms with Crippen molar-refractivity contribution < 1.29 is 9.47 Å². The van der Waals surface area contributed by atoms with Gasteiger partial charge in [-0.2, -0.15) is 0 Å². The van der Waals surface area contributed by atoms with Crippen LogP contribution in [0.3, 0.4) is 0 Å². The monoisotopic (exact) mass is 479 g/mol. The van der Waals surface area contributed by atoms with Gasteiger partial charge in [-0.1, -0.05) is 36.4 Å². The van der Waals surface area contributed by atoms with Gasteiger partial charge in [0.25, 0.3) is 0 Å². The van der Waals surface area contributed by atoms with E-state index in [4.69, 9.17) is 15.2 Å². The molecule has 3 N–H and O–H groups in total. The van der Waals surface area contributed by atoms with Gasteiger partial charge in [-0.3, -0.25) is 0 Å². The van der Waals surface area contributed by atoms with Gasteiger partial charge in [0.05, 0.1) is 25.3 Å². The Morgan fingerprint density at radius 1 is 1.11 bits per heavy atom. The van der Waals surface area contributed by atoms with Gasteiger partial charge in [0.15, 0.2) is 5.96 Å². The summed E-state index contributed by atoms with van der Waals surface area (Å²) in [6.07, 6.45) is 4.77. The number of para-hydroxylation sites is 2. The van der Waals surface area contributed by atoms with Gasteiger partial charge in [-0.05, 0) is 31.4 Å². The zero-order valence-electron chi connectivity index (χ0n) is 15.3. The molecule has 1 aliphatic heterocycles. The first-order valence-electron chi connectivity index (χ1n) is 9.32. The molecule has 4 rings (SSSR count). The Kier molecular flexibility index (Phi) is 6.82. The zero-order chi connectivity index (χ0) is 17.8. The van der Waals surface area contributed by atoms with E-state index in [1.807, 2.05) is 36.4 Å². The molecule has 1 heterocycles. The average molecular weight is 479 g/mol. The minimum Gasteiger partial charge on any atom is -0.493 e. The zero-order valence-corrected chi connectivity index (χ0v) is 17.6. The van der Waals surface area contributed by atoms with E-state index in [-0.39, 0.29) is 30.0 Å². The number of halogens is 1. The van der Waals surface area contributed by atoms with Crippen LogP contribution in [0.4, 0.5) is 0 Å². The maximum Gasteiger partial charge on any atom is 0.189 e. The smallest absolute Gasteiger partial charge is 0.189 e. The van der Waals surface area contributed by atoms with Gasteiger partial charge in [0.1, 0.15) is 11.5 Å². The Balaban J connectivity index is 0.00000210. The van der Waals surface area contributed by atoms with Crippen LogP contribution in [0.25, 0.3) is 0 Å². The van der Waals surface area contributed by atoms with E-state index >= 15 is 0 Å². The summed E-state index contributed by atoms with van der Waals surface area (Å²) in [7, 11) is 0. The van der Waals surface area contributed by atoms with Crippen molar-refractivity contribution in [2.45, 2.75) is 44.4 Å². The van der Waals surface area contributed by atoms with E-state index in [1.54, 1.807) is 0 Å². The van der Waals surface area contributed by atoms with Crippen molar-refractivity contribution in [2.75, 3.05) is 6.61 Å². The van der Waals surface area contributed by atoms with Gasteiger partial charge in [-0.25, -0.2) is 4.99 Å². The van der Waals surface area contributed by atoms with Crippen LogP contribution in [0.1, 0.15) is 42.9 Å². The highest BCUT2D eigenvalue weighted by Crippen LogP contribution is 2.31. The summed E-state index contributed by atoms with van der Waals surface area (Å²) in [5, 5.41) is 3.33. The third-order valence-corrected chi connectivity index (χ3v) is 5.02. The molecule has 0 saturated heterocycles. The van der Waals surface area contributed by atoms with E-state index < -0.39 is 0 Å². The van der Waals surface area contributed by atoms with Gasteiger partial charge < -0.3 is 20.5 Å². The standard InChI is InChI=1S/C21H25N3O2.HI/c22-21(24-18-12-13-25-20-11-4-2-9-17(18)20)23-14-15-6-1-3-10-19(15)26-16-7-5-8-16;/h1-4,6,9-11,16,18H,5,7-8,12-14H2,(H3,22,23,24);1H. The molecular formula is C21H26IN3O2. The fourth-order valence-electron chi connectivity index (χ4n) is 3.30. The number of rotatable bonds is 5. The number of guanidine groups is 1. The van der Waals surface area contributed by atoms with Crippen LogP contribution in [0, 0.1) is 0 Å². The molecule has 2 aromatic carbocycles. The van der Waals surface area contributed by atoms with E-state index in [2.05, 4.69) is 22.4 Å². The highest BCUT2D eigenvalue weighted by Gasteiger charge is 2.22. The molecule has 0 spiro atoms. The molecule has 27 heavy (non-hydrogen) atoms. The minimum absolute atomic E-state index is 0. The number of aliphatic imine (C=N–C) groups is 1. The van der Waals surface area contributed by atoms with Crippen LogP contribution in [-0.2, 0) is 6.54 Å². The predicted octanol–water partition coefficient (Wildman–Crippen LogP) is 4.16. The van der Waals surface area contributed by atoms with E-state index in [0.29, 0.717) is 25.2 Å². The van der Waals surface area contributed by atoms with Crippen LogP contribution < -0.4 is 20.5 Å². The van der Waals surface area contributed by atoms with Crippen LogP contribution >= 0.6 is 24.0 Å². The number of hydrogen-bond acceptors (Lipinski definition) is 3. The predicted molar refractivity (Wildman–Crippen MR) is 118 cm³/mol. The van der Waals surface area contributed by atoms with Gasteiger partial charge in [0, 0.05) is 17.5 Å². The SMILES string of the molecule is I.NC(=NCc1ccccc1OC1CCC1)NC1CCOc2ccccc21. The molecule has 1 atom stereocenters. The molecule has 0 aromatic heterocycles. The molecule has 6 heteroatoms. The third kappa shape index (κ3) is 4.86. The summed E-state index contributed by atoms with van der Waals surface area (Å²) in [5.41, 5.74) is 8.35. The number of benzene rings is 2. The molecule has 0 amide bonds. The second-order valence-electron chi connectivity index (χ2n) is 6.85. The first kappa shape index (κ1) is 19.8. The van der Waals surface area contributed by atoms with Crippen molar-refractivity contribution >= 4 is 29.9 Å². The van der Waals surface area contributed by atoms with Crippen LogP contribution in [0.15, 0.2) is 53.5 Å². The largest absolute Gasteiger partial charge is 0.493 e. The Morgan fingerprint density at radius 3 is 2.70 bits per heavy atom. The summed E-state index contributed by atoms with van der Waals surface area (Å²) in [6, 6.07) is 16.3. The molecule has 2 aliphatic rings. The second-order valence-corrected chi connectivity index (χ2v) is 6.85. The van der Waals surface area contributed by atoms with Crippen LogP contribution in [-0.4, -0.2) is 18.7 Å². The highest BCUT2D eigenvalue weighted by atomic mass is 127. The maximum atomic E-state index is 6.16. The first-order chi connectivity index (χ1) is 12.8. The van der Waals surface area contributed by atoms with Gasteiger partial charge in [0.2, 0.25) is 0 Å². The highest BCUT2D eigenvalue weighted by molar-refractivity contribution is 14.0. The normalized spacial score (nSPS) is 19.1. The molecule has 144 valence electrons. The van der Waals surface area contributed by atoms with Crippen LogP contribution in [0.2, 0.25) is 0 Å². The fourth-order valence-corrected chi connectivity index (χ4v) is 3.30. The lowest BCUT2D eigenvalue weighted by atomic mass is 9.96. The van der Waals surface area contributed by atoms with Gasteiger partial charge in [-0.15, -0.1) is 24.0 Å². The summed E-state index contributed by atoms with van der Waals surface area (Å²) in [5.74, 6) is 2.29. The van der Waals surface area contributed by atoms with Crippen molar-refractivity contribution in [1.82, 2.24) is 5.32 Å². The average Bonchev–Trinajstić information content (AvgIpc) is 2.64. The summed E-state index contributed by atoms with van der Waals surface area (Å²) in [6.45, 7) is 1.19. The molecule has 5 nitrogen and oxygen atoms in total. The fraction of sp³-hybridized carbons (Fsp3) is 0.381. The molecule has 1 unspecified atom stereocenters. The molecule has 2 aromatic rings. The lowest BCUT2D eigenvalue weighted by Crippen LogP contribution is -2.37. The lowest BCUT2D eigenvalue weighted by molar-refractivity contribution is 0.119. The Bertz CT molecular complexity index is 793. The van der Waals surface area contributed by atoms with Crippen molar-refractivity contribution in [1.29, 1.82) is 0 Å². The quantitative estimate of drug-likeness (QED) is 0.384. The molecule has 1 saturated carbocycles. The lowest BCUT2D eigenvalue weighted by Gasteiger charge is -2.27. The number of ether oxygens (including phenoxy) is 2. The van der Waals surface area contributed by atoms with Crippen molar-refractivity contribution in [3.63, 3.8) is 0 Å². The molecular weight excluding hydrogens is 453 g/mol. The minimum atomic E-state index is 0. The second kappa shape index (κ2) is 9.30. The summed E-state index contributed by atoms with van der Waals surface area (Å²) >= 11 is 0. The number of nitrogens with one attached hydrogen (secondary N) is 1. The van der Waals surface area contributed by atoms with Crippen molar-refractivity contribution in [3.05, 3.63) is 59.7 Å². The first-order valence-corrected chi connectivity index (χ1v) is 9.32.